The molecule has 18 heavy (non-hydrogen) atoms. The molecule has 0 radical (unpaired) electrons. The lowest BCUT2D eigenvalue weighted by atomic mass is 9.97. The quantitative estimate of drug-likeness (QED) is 0.651. The summed E-state index contributed by atoms with van der Waals surface area (Å²) in [6.45, 7) is 0. The zero-order valence-corrected chi connectivity index (χ0v) is 9.51. The normalized spacial score (nSPS) is 23.5. The Kier molecular flexibility index (Phi) is 3.76. The number of aliphatic hydroxyl groups is 3. The molecule has 0 aromatic heterocycles. The number of carbonyl (C=O) groups excluding carboxylic acids is 1. The van der Waals surface area contributed by atoms with E-state index in [1.807, 2.05) is 0 Å². The van der Waals surface area contributed by atoms with Crippen molar-refractivity contribution in [2.45, 2.75) is 24.4 Å². The van der Waals surface area contributed by atoms with Gasteiger partial charge in [-0.05, 0) is 11.6 Å². The smallest absolute Gasteiger partial charge is 0.331 e. The van der Waals surface area contributed by atoms with E-state index >= 15 is 0 Å². The van der Waals surface area contributed by atoms with Crippen LogP contribution in [-0.2, 0) is 9.53 Å². The summed E-state index contributed by atoms with van der Waals surface area (Å²) in [6, 6.07) is 8.48. The minimum Gasteiger partial charge on any atom is -0.452 e. The van der Waals surface area contributed by atoms with Gasteiger partial charge >= 0.3 is 5.97 Å². The number of cyclic esters (lactones) is 1. The fourth-order valence-electron chi connectivity index (χ4n) is 1.80. The van der Waals surface area contributed by atoms with Gasteiger partial charge in [0.2, 0.25) is 0 Å². The lowest BCUT2D eigenvalue weighted by Gasteiger charge is -2.25. The highest BCUT2D eigenvalue weighted by Gasteiger charge is 2.34. The minimum atomic E-state index is -1.44. The molecule has 1 aromatic rings. The first kappa shape index (κ1) is 12.8. The van der Waals surface area contributed by atoms with Crippen molar-refractivity contribution in [3.8, 4) is 0 Å². The highest BCUT2D eigenvalue weighted by atomic mass is 16.6. The van der Waals surface area contributed by atoms with Crippen LogP contribution in [0.25, 0.3) is 0 Å². The maximum atomic E-state index is 10.9. The van der Waals surface area contributed by atoms with Crippen LogP contribution < -0.4 is 0 Å². The first-order chi connectivity index (χ1) is 8.59. The molecule has 0 spiro atoms. The van der Waals surface area contributed by atoms with Gasteiger partial charge in [-0.1, -0.05) is 30.3 Å². The average molecular weight is 250 g/mol. The third kappa shape index (κ3) is 2.59. The molecule has 0 aliphatic carbocycles. The van der Waals surface area contributed by atoms with E-state index < -0.39 is 30.4 Å². The van der Waals surface area contributed by atoms with Crippen LogP contribution in [0, 0.1) is 0 Å². The summed E-state index contributed by atoms with van der Waals surface area (Å²) in [6.07, 6.45) is -2.45. The average Bonchev–Trinajstić information content (AvgIpc) is 2.84. The summed E-state index contributed by atoms with van der Waals surface area (Å²) in [5.74, 6) is -0.569. The number of hydrogen-bond acceptors (Lipinski definition) is 5. The molecule has 0 unspecified atom stereocenters. The summed E-state index contributed by atoms with van der Waals surface area (Å²) < 4.78 is 4.76. The van der Waals surface area contributed by atoms with Crippen molar-refractivity contribution >= 4 is 5.97 Å². The van der Waals surface area contributed by atoms with Crippen LogP contribution in [0.3, 0.4) is 0 Å². The number of ether oxygens (including phenoxy) is 1. The molecule has 1 heterocycles. The van der Waals surface area contributed by atoms with Crippen LogP contribution >= 0.6 is 0 Å². The Balaban J connectivity index is 2.05. The third-order valence-corrected chi connectivity index (χ3v) is 2.83. The van der Waals surface area contributed by atoms with Crippen molar-refractivity contribution in [2.24, 2.45) is 0 Å². The van der Waals surface area contributed by atoms with E-state index in [9.17, 15) is 20.1 Å². The summed E-state index contributed by atoms with van der Waals surface area (Å²) in [7, 11) is 0. The Bertz CT molecular complexity index is 442. The molecule has 0 saturated carbocycles. The number of rotatable bonds is 4. The van der Waals surface area contributed by atoms with Crippen molar-refractivity contribution in [1.82, 2.24) is 0 Å². The molecular formula is C13H14O5. The van der Waals surface area contributed by atoms with Gasteiger partial charge in [-0.2, -0.15) is 0 Å². The van der Waals surface area contributed by atoms with E-state index in [-0.39, 0.29) is 0 Å². The zero-order valence-electron chi connectivity index (χ0n) is 9.51. The van der Waals surface area contributed by atoms with Gasteiger partial charge in [-0.3, -0.25) is 0 Å². The maximum absolute atomic E-state index is 10.9. The van der Waals surface area contributed by atoms with E-state index in [2.05, 4.69) is 0 Å². The summed E-state index contributed by atoms with van der Waals surface area (Å²) in [5.41, 5.74) is 0.484. The molecule has 1 aliphatic rings. The van der Waals surface area contributed by atoms with E-state index in [1.165, 1.54) is 12.2 Å². The van der Waals surface area contributed by atoms with Gasteiger partial charge in [0.25, 0.3) is 0 Å². The Morgan fingerprint density at radius 2 is 1.78 bits per heavy atom. The van der Waals surface area contributed by atoms with Crippen molar-refractivity contribution in [1.29, 1.82) is 0 Å². The lowest BCUT2D eigenvalue weighted by Crippen LogP contribution is -2.40. The molecule has 2 rings (SSSR count). The molecule has 4 atom stereocenters. The van der Waals surface area contributed by atoms with Crippen LogP contribution in [-0.4, -0.2) is 39.6 Å². The van der Waals surface area contributed by atoms with Crippen molar-refractivity contribution in [3.63, 3.8) is 0 Å². The van der Waals surface area contributed by atoms with E-state index in [0.717, 1.165) is 0 Å². The lowest BCUT2D eigenvalue weighted by molar-refractivity contribution is -0.150. The molecule has 0 bridgehead atoms. The fourth-order valence-corrected chi connectivity index (χ4v) is 1.80. The van der Waals surface area contributed by atoms with Gasteiger partial charge in [0, 0.05) is 6.08 Å². The molecular weight excluding hydrogens is 236 g/mol. The van der Waals surface area contributed by atoms with Gasteiger partial charge < -0.3 is 20.1 Å². The van der Waals surface area contributed by atoms with Crippen LogP contribution in [0.5, 0.6) is 0 Å². The Labute approximate surface area is 104 Å². The summed E-state index contributed by atoms with van der Waals surface area (Å²) in [5, 5.41) is 29.6. The van der Waals surface area contributed by atoms with Gasteiger partial charge in [0.1, 0.15) is 24.4 Å². The SMILES string of the molecule is O=C1C=C[C@@H]([C@@H](O)[C@H](O)[C@@H](O)c2ccccc2)O1. The molecule has 0 amide bonds. The molecule has 0 saturated heterocycles. The monoisotopic (exact) mass is 250 g/mol. The predicted octanol–water partition coefficient (Wildman–Crippen LogP) is -0.0766. The largest absolute Gasteiger partial charge is 0.452 e. The van der Waals surface area contributed by atoms with Gasteiger partial charge in [-0.15, -0.1) is 0 Å². The number of carbonyl (C=O) groups is 1. The van der Waals surface area contributed by atoms with Gasteiger partial charge in [0.15, 0.2) is 0 Å². The predicted molar refractivity (Wildman–Crippen MR) is 62.4 cm³/mol. The first-order valence-corrected chi connectivity index (χ1v) is 5.57. The molecule has 5 nitrogen and oxygen atoms in total. The van der Waals surface area contributed by atoms with Crippen molar-refractivity contribution < 1.29 is 24.9 Å². The highest BCUT2D eigenvalue weighted by Crippen LogP contribution is 2.22. The number of aliphatic hydroxyl groups excluding tert-OH is 3. The van der Waals surface area contributed by atoms with E-state index in [4.69, 9.17) is 4.74 Å². The number of benzene rings is 1. The van der Waals surface area contributed by atoms with E-state index in [0.29, 0.717) is 5.56 Å². The standard InChI is InChI=1S/C13H14O5/c14-10-7-6-9(18-10)12(16)13(17)11(15)8-4-2-1-3-5-8/h1-7,9,11-13,15-17H/t9-,11-,12+,13+/m0/s1. The zero-order chi connectivity index (χ0) is 13.1. The third-order valence-electron chi connectivity index (χ3n) is 2.83. The summed E-state index contributed by atoms with van der Waals surface area (Å²) in [4.78, 5) is 10.9. The maximum Gasteiger partial charge on any atom is 0.331 e. The minimum absolute atomic E-state index is 0.484. The van der Waals surface area contributed by atoms with Crippen LogP contribution in [0.1, 0.15) is 11.7 Å². The molecule has 5 heteroatoms. The summed E-state index contributed by atoms with van der Waals surface area (Å²) >= 11 is 0. The topological polar surface area (TPSA) is 87.0 Å². The number of esters is 1. The van der Waals surface area contributed by atoms with E-state index in [1.54, 1.807) is 30.3 Å². The second-order valence-electron chi connectivity index (χ2n) is 4.10. The van der Waals surface area contributed by atoms with Crippen LogP contribution in [0.4, 0.5) is 0 Å². The van der Waals surface area contributed by atoms with Gasteiger partial charge in [-0.25, -0.2) is 4.79 Å². The Morgan fingerprint density at radius 3 is 2.33 bits per heavy atom. The first-order valence-electron chi connectivity index (χ1n) is 5.57. The molecule has 1 aliphatic heterocycles. The highest BCUT2D eigenvalue weighted by molar-refractivity contribution is 5.84. The van der Waals surface area contributed by atoms with Crippen LogP contribution in [0.2, 0.25) is 0 Å². The second-order valence-corrected chi connectivity index (χ2v) is 4.10. The Hall–Kier alpha value is -1.69. The molecule has 96 valence electrons. The fraction of sp³-hybridized carbons (Fsp3) is 0.308. The number of hydrogen-bond donors (Lipinski definition) is 3. The van der Waals surface area contributed by atoms with Crippen LogP contribution in [0.15, 0.2) is 42.5 Å². The second kappa shape index (κ2) is 5.30. The van der Waals surface area contributed by atoms with Gasteiger partial charge in [0.05, 0.1) is 0 Å². The van der Waals surface area contributed by atoms with Crippen molar-refractivity contribution in [2.75, 3.05) is 0 Å². The molecule has 1 aromatic carbocycles. The molecule has 0 fully saturated rings. The van der Waals surface area contributed by atoms with Crippen molar-refractivity contribution in [3.05, 3.63) is 48.0 Å². The Morgan fingerprint density at radius 1 is 1.11 bits per heavy atom. The molecule has 3 N–H and O–H groups in total.